The second kappa shape index (κ2) is 7.96. The molecule has 0 saturated carbocycles. The normalized spacial score (nSPS) is 12.0. The minimum atomic E-state index is -1.07. The highest BCUT2D eigenvalue weighted by molar-refractivity contribution is 5.50. The summed E-state index contributed by atoms with van der Waals surface area (Å²) >= 11 is 0. The molecule has 0 aliphatic carbocycles. The predicted octanol–water partition coefficient (Wildman–Crippen LogP) is 3.65. The van der Waals surface area contributed by atoms with E-state index < -0.39 is 17.2 Å². The fourth-order valence-corrected chi connectivity index (χ4v) is 1.89. The quantitative estimate of drug-likeness (QED) is 0.652. The lowest BCUT2D eigenvalue weighted by atomic mass is 10.0. The number of rotatable bonds is 7. The first kappa shape index (κ1) is 19.4. The lowest BCUT2D eigenvalue weighted by Gasteiger charge is -2.16. The van der Waals surface area contributed by atoms with Crippen molar-refractivity contribution in [3.8, 4) is 6.01 Å². The van der Waals surface area contributed by atoms with E-state index in [4.69, 9.17) is 10.3 Å². The van der Waals surface area contributed by atoms with E-state index in [9.17, 15) is 13.9 Å². The van der Waals surface area contributed by atoms with Gasteiger partial charge in [0.15, 0.2) is 5.82 Å². The Hall–Kier alpha value is -2.94. The fourth-order valence-electron chi connectivity index (χ4n) is 1.89. The number of nitrogens with zero attached hydrogens (tertiary/aromatic N) is 3. The van der Waals surface area contributed by atoms with E-state index in [0.29, 0.717) is 5.56 Å². The molecule has 2 aromatic rings. The number of hydrogen-bond acceptors (Lipinski definition) is 7. The lowest BCUT2D eigenvalue weighted by Crippen LogP contribution is -2.16. The van der Waals surface area contributed by atoms with Crippen molar-refractivity contribution in [3.05, 3.63) is 59.2 Å². The molecule has 138 valence electrons. The SMILES string of the molecule is Cc1c(F)ccc(N/C=C(/COc2ncc(C(C)(C)O)cn2)N=N)c1F. The van der Waals surface area contributed by atoms with Crippen LogP contribution in [0.1, 0.15) is 25.0 Å². The summed E-state index contributed by atoms with van der Waals surface area (Å²) in [5.41, 5.74) is 6.69. The van der Waals surface area contributed by atoms with Gasteiger partial charge < -0.3 is 15.2 Å². The van der Waals surface area contributed by atoms with E-state index in [1.165, 1.54) is 31.6 Å². The zero-order valence-electron chi connectivity index (χ0n) is 14.5. The molecule has 1 aromatic heterocycles. The van der Waals surface area contributed by atoms with E-state index in [0.717, 1.165) is 6.07 Å². The summed E-state index contributed by atoms with van der Waals surface area (Å²) in [6, 6.07) is 2.42. The van der Waals surface area contributed by atoms with Crippen molar-refractivity contribution < 1.29 is 18.6 Å². The third-order valence-electron chi connectivity index (χ3n) is 3.54. The molecular formula is C17H19F2N5O2. The number of halogens is 2. The first-order valence-corrected chi connectivity index (χ1v) is 7.67. The molecular weight excluding hydrogens is 344 g/mol. The number of aromatic nitrogens is 2. The van der Waals surface area contributed by atoms with Crippen molar-refractivity contribution in [1.29, 1.82) is 5.53 Å². The summed E-state index contributed by atoms with van der Waals surface area (Å²) in [5.74, 6) is -1.37. The molecule has 1 aromatic carbocycles. The second-order valence-electron chi connectivity index (χ2n) is 6.03. The van der Waals surface area contributed by atoms with Gasteiger partial charge in [0, 0.05) is 29.7 Å². The molecule has 0 amide bonds. The smallest absolute Gasteiger partial charge is 0.316 e. The predicted molar refractivity (Wildman–Crippen MR) is 90.7 cm³/mol. The van der Waals surface area contributed by atoms with Gasteiger partial charge in [-0.05, 0) is 32.9 Å². The van der Waals surface area contributed by atoms with Crippen molar-refractivity contribution in [2.24, 2.45) is 5.11 Å². The Balaban J connectivity index is 2.02. The van der Waals surface area contributed by atoms with Crippen molar-refractivity contribution >= 4 is 5.69 Å². The van der Waals surface area contributed by atoms with Crippen molar-refractivity contribution in [2.75, 3.05) is 11.9 Å². The zero-order valence-corrected chi connectivity index (χ0v) is 14.5. The van der Waals surface area contributed by atoms with Gasteiger partial charge in [0.05, 0.1) is 11.3 Å². The average molecular weight is 363 g/mol. The van der Waals surface area contributed by atoms with Crippen LogP contribution in [-0.4, -0.2) is 21.7 Å². The maximum atomic E-state index is 13.9. The van der Waals surface area contributed by atoms with Crippen molar-refractivity contribution in [2.45, 2.75) is 26.4 Å². The van der Waals surface area contributed by atoms with Crippen LogP contribution in [0.4, 0.5) is 14.5 Å². The van der Waals surface area contributed by atoms with E-state index in [-0.39, 0.29) is 29.6 Å². The van der Waals surface area contributed by atoms with Gasteiger partial charge in [-0.15, -0.1) is 0 Å². The molecule has 0 atom stereocenters. The molecule has 7 nitrogen and oxygen atoms in total. The minimum absolute atomic E-state index is 0.0383. The highest BCUT2D eigenvalue weighted by atomic mass is 19.1. The lowest BCUT2D eigenvalue weighted by molar-refractivity contribution is 0.0776. The van der Waals surface area contributed by atoms with Gasteiger partial charge in [-0.2, -0.15) is 5.11 Å². The molecule has 0 aliphatic rings. The minimum Gasteiger partial charge on any atom is -0.457 e. The number of hydrogen-bond donors (Lipinski definition) is 3. The second-order valence-corrected chi connectivity index (χ2v) is 6.03. The van der Waals surface area contributed by atoms with Gasteiger partial charge >= 0.3 is 6.01 Å². The van der Waals surface area contributed by atoms with Crippen LogP contribution in [0, 0.1) is 24.1 Å². The summed E-state index contributed by atoms with van der Waals surface area (Å²) in [7, 11) is 0. The summed E-state index contributed by atoms with van der Waals surface area (Å²) in [6.07, 6.45) is 4.13. The Morgan fingerprint density at radius 2 is 2.00 bits per heavy atom. The number of ether oxygens (including phenoxy) is 1. The Bertz CT molecular complexity index is 817. The van der Waals surface area contributed by atoms with Crippen molar-refractivity contribution in [1.82, 2.24) is 9.97 Å². The molecule has 0 spiro atoms. The van der Waals surface area contributed by atoms with Crippen LogP contribution >= 0.6 is 0 Å². The molecule has 0 saturated heterocycles. The van der Waals surface area contributed by atoms with Gasteiger partial charge in [-0.3, -0.25) is 0 Å². The topological polar surface area (TPSA) is 103 Å². The van der Waals surface area contributed by atoms with Crippen LogP contribution in [0.15, 0.2) is 41.5 Å². The number of nitrogens with one attached hydrogen (secondary N) is 2. The van der Waals surface area contributed by atoms with Crippen LogP contribution < -0.4 is 10.1 Å². The summed E-state index contributed by atoms with van der Waals surface area (Å²) in [5, 5.41) is 15.7. The van der Waals surface area contributed by atoms with Crippen LogP contribution in [0.25, 0.3) is 0 Å². The molecule has 9 heteroatoms. The highest BCUT2D eigenvalue weighted by Crippen LogP contribution is 2.21. The molecule has 26 heavy (non-hydrogen) atoms. The van der Waals surface area contributed by atoms with Gasteiger partial charge in [0.1, 0.15) is 18.1 Å². The van der Waals surface area contributed by atoms with Gasteiger partial charge in [-0.1, -0.05) is 0 Å². The third kappa shape index (κ3) is 4.79. The molecule has 1 heterocycles. The Labute approximate surface area is 149 Å². The first-order valence-electron chi connectivity index (χ1n) is 7.67. The van der Waals surface area contributed by atoms with E-state index in [1.54, 1.807) is 13.8 Å². The molecule has 2 rings (SSSR count). The summed E-state index contributed by atoms with van der Waals surface area (Å²) in [4.78, 5) is 7.92. The highest BCUT2D eigenvalue weighted by Gasteiger charge is 2.17. The van der Waals surface area contributed by atoms with E-state index in [2.05, 4.69) is 20.4 Å². The Morgan fingerprint density at radius 3 is 2.58 bits per heavy atom. The van der Waals surface area contributed by atoms with Crippen LogP contribution in [-0.2, 0) is 5.60 Å². The van der Waals surface area contributed by atoms with Crippen LogP contribution in [0.3, 0.4) is 0 Å². The summed E-state index contributed by atoms with van der Waals surface area (Å²) in [6.45, 7) is 4.40. The molecule has 0 unspecified atom stereocenters. The molecule has 0 aliphatic heterocycles. The Morgan fingerprint density at radius 1 is 1.35 bits per heavy atom. The van der Waals surface area contributed by atoms with Crippen LogP contribution in [0.5, 0.6) is 6.01 Å². The number of anilines is 1. The number of aliphatic hydroxyl groups is 1. The van der Waals surface area contributed by atoms with Gasteiger partial charge in [0.25, 0.3) is 0 Å². The average Bonchev–Trinajstić information content (AvgIpc) is 2.61. The van der Waals surface area contributed by atoms with Crippen molar-refractivity contribution in [3.63, 3.8) is 0 Å². The molecule has 3 N–H and O–H groups in total. The maximum absolute atomic E-state index is 13.9. The van der Waals surface area contributed by atoms with E-state index in [1.807, 2.05) is 0 Å². The standard InChI is InChI=1S/C17H19F2N5O2/c1-10-13(18)4-5-14(15(10)19)21-8-12(24-20)9-26-16-22-6-11(7-23-16)17(2,3)25/h4-8,20-21,25H,9H2,1-3H3/b12-8-,24-20?. The molecule has 0 fully saturated rings. The number of benzene rings is 1. The largest absolute Gasteiger partial charge is 0.457 e. The first-order chi connectivity index (χ1) is 12.2. The molecule has 0 bridgehead atoms. The maximum Gasteiger partial charge on any atom is 0.316 e. The van der Waals surface area contributed by atoms with Crippen LogP contribution in [0.2, 0.25) is 0 Å². The zero-order chi connectivity index (χ0) is 19.3. The molecule has 0 radical (unpaired) electrons. The van der Waals surface area contributed by atoms with Gasteiger partial charge in [0.2, 0.25) is 0 Å². The fraction of sp³-hybridized carbons (Fsp3) is 0.294. The summed E-state index contributed by atoms with van der Waals surface area (Å²) < 4.78 is 32.5. The monoisotopic (exact) mass is 363 g/mol. The Kier molecular flexibility index (Phi) is 5.93. The van der Waals surface area contributed by atoms with E-state index >= 15 is 0 Å². The third-order valence-corrected chi connectivity index (χ3v) is 3.54. The van der Waals surface area contributed by atoms with Gasteiger partial charge in [-0.25, -0.2) is 24.3 Å².